The number of halogens is 1. The zero-order chi connectivity index (χ0) is 22.5. The van der Waals surface area contributed by atoms with Gasteiger partial charge in [-0.2, -0.15) is 9.97 Å². The Labute approximate surface area is 185 Å². The van der Waals surface area contributed by atoms with E-state index in [0.717, 1.165) is 24.5 Å². The number of rotatable bonds is 8. The molecule has 0 saturated carbocycles. The molecule has 10 heteroatoms. The van der Waals surface area contributed by atoms with E-state index in [4.69, 9.17) is 0 Å². The van der Waals surface area contributed by atoms with Gasteiger partial charge in [0, 0.05) is 50.9 Å². The summed E-state index contributed by atoms with van der Waals surface area (Å²) in [6.45, 7) is 5.70. The lowest BCUT2D eigenvalue weighted by molar-refractivity contribution is -0.119. The van der Waals surface area contributed by atoms with Crippen LogP contribution in [0.1, 0.15) is 25.5 Å². The van der Waals surface area contributed by atoms with Gasteiger partial charge in [0.1, 0.15) is 23.3 Å². The monoisotopic (exact) mass is 436 g/mol. The maximum absolute atomic E-state index is 13.3. The second-order valence-corrected chi connectivity index (χ2v) is 7.78. The number of benzene rings is 1. The molecule has 1 aliphatic rings. The third-order valence-electron chi connectivity index (χ3n) is 5.17. The van der Waals surface area contributed by atoms with Crippen molar-refractivity contribution in [2.75, 3.05) is 35.2 Å². The number of amides is 1. The second-order valence-electron chi connectivity index (χ2n) is 7.78. The van der Waals surface area contributed by atoms with Crippen molar-refractivity contribution in [2.24, 2.45) is 5.92 Å². The van der Waals surface area contributed by atoms with Gasteiger partial charge in [0.2, 0.25) is 11.9 Å². The molecule has 0 unspecified atom stereocenters. The number of hydrogen-bond acceptors (Lipinski definition) is 8. The van der Waals surface area contributed by atoms with E-state index in [-0.39, 0.29) is 17.8 Å². The van der Waals surface area contributed by atoms with Crippen LogP contribution in [0.3, 0.4) is 0 Å². The van der Waals surface area contributed by atoms with Gasteiger partial charge in [-0.15, -0.1) is 0 Å². The molecule has 2 aromatic heterocycles. The van der Waals surface area contributed by atoms with Crippen molar-refractivity contribution >= 4 is 29.3 Å². The molecule has 1 amide bonds. The van der Waals surface area contributed by atoms with Gasteiger partial charge in [-0.25, -0.2) is 9.37 Å². The molecule has 3 N–H and O–H groups in total. The summed E-state index contributed by atoms with van der Waals surface area (Å²) in [6.07, 6.45) is 4.81. The Bertz CT molecular complexity index is 1060. The molecule has 0 spiro atoms. The fourth-order valence-electron chi connectivity index (χ4n) is 3.42. The molecule has 9 nitrogen and oxygen atoms in total. The highest BCUT2D eigenvalue weighted by atomic mass is 19.1. The van der Waals surface area contributed by atoms with E-state index in [1.165, 1.54) is 19.1 Å². The van der Waals surface area contributed by atoms with Crippen LogP contribution in [0.25, 0.3) is 0 Å². The van der Waals surface area contributed by atoms with Gasteiger partial charge in [0.25, 0.3) is 0 Å². The summed E-state index contributed by atoms with van der Waals surface area (Å²) in [5.74, 6) is 2.43. The van der Waals surface area contributed by atoms with Gasteiger partial charge in [0.05, 0.1) is 12.2 Å². The summed E-state index contributed by atoms with van der Waals surface area (Å²) >= 11 is 0. The molecule has 0 aliphatic carbocycles. The maximum atomic E-state index is 13.3. The molecule has 1 aromatic carbocycles. The van der Waals surface area contributed by atoms with E-state index < -0.39 is 0 Å². The van der Waals surface area contributed by atoms with Crippen LogP contribution in [-0.2, 0) is 4.79 Å². The van der Waals surface area contributed by atoms with Gasteiger partial charge in [-0.05, 0) is 24.6 Å². The Morgan fingerprint density at radius 3 is 2.66 bits per heavy atom. The quantitative estimate of drug-likeness (QED) is 0.495. The van der Waals surface area contributed by atoms with Crippen molar-refractivity contribution in [3.63, 3.8) is 0 Å². The first-order chi connectivity index (χ1) is 15.5. The zero-order valence-electron chi connectivity index (χ0n) is 17.9. The first kappa shape index (κ1) is 21.4. The van der Waals surface area contributed by atoms with Crippen LogP contribution in [0.4, 0.5) is 27.8 Å². The molecule has 4 rings (SSSR count). The highest BCUT2D eigenvalue weighted by molar-refractivity contribution is 5.72. The third-order valence-corrected chi connectivity index (χ3v) is 5.17. The molecule has 1 aliphatic heterocycles. The fraction of sp³-hybridized carbons (Fsp3) is 0.318. The average Bonchev–Trinajstić information content (AvgIpc) is 2.73. The Morgan fingerprint density at radius 1 is 1.19 bits per heavy atom. The highest BCUT2D eigenvalue weighted by Gasteiger charge is 2.28. The van der Waals surface area contributed by atoms with Crippen LogP contribution < -0.4 is 20.9 Å². The fourth-order valence-corrected chi connectivity index (χ4v) is 3.42. The van der Waals surface area contributed by atoms with E-state index in [2.05, 4.69) is 40.8 Å². The lowest BCUT2D eigenvalue weighted by Crippen LogP contribution is -2.51. The predicted octanol–water partition coefficient (Wildman–Crippen LogP) is 2.89. The minimum Gasteiger partial charge on any atom is -0.356 e. The molecular weight excluding hydrogens is 411 g/mol. The molecule has 3 heterocycles. The Morgan fingerprint density at radius 2 is 1.97 bits per heavy atom. The Kier molecular flexibility index (Phi) is 6.39. The van der Waals surface area contributed by atoms with Crippen molar-refractivity contribution in [3.8, 4) is 0 Å². The minimum atomic E-state index is -0.277. The van der Waals surface area contributed by atoms with Crippen molar-refractivity contribution in [3.05, 3.63) is 60.3 Å². The summed E-state index contributed by atoms with van der Waals surface area (Å²) in [4.78, 5) is 30.8. The molecule has 32 heavy (non-hydrogen) atoms. The number of aromatic nitrogens is 4. The number of anilines is 4. The van der Waals surface area contributed by atoms with E-state index in [0.29, 0.717) is 30.0 Å². The second kappa shape index (κ2) is 9.54. The van der Waals surface area contributed by atoms with E-state index in [9.17, 15) is 9.18 Å². The Hall–Kier alpha value is -3.82. The lowest BCUT2D eigenvalue weighted by Gasteiger charge is -2.40. The first-order valence-electron chi connectivity index (χ1n) is 10.4. The average molecular weight is 436 g/mol. The van der Waals surface area contributed by atoms with Crippen molar-refractivity contribution in [2.45, 2.75) is 19.9 Å². The van der Waals surface area contributed by atoms with Crippen molar-refractivity contribution in [1.82, 2.24) is 25.3 Å². The van der Waals surface area contributed by atoms with Crippen molar-refractivity contribution < 1.29 is 9.18 Å². The SMILES string of the molecule is CC(=O)NCC1CN(c2cc(Nc3cnccn3)nc(N[C@@H](C)c3ccc(F)cc3)n2)C1. The van der Waals surface area contributed by atoms with E-state index >= 15 is 0 Å². The molecule has 1 fully saturated rings. The van der Waals surface area contributed by atoms with Crippen LogP contribution in [0.5, 0.6) is 0 Å². The molecular formula is C22H25FN8O. The Balaban J connectivity index is 1.52. The van der Waals surface area contributed by atoms with Gasteiger partial charge in [-0.1, -0.05) is 12.1 Å². The molecule has 0 bridgehead atoms. The number of carbonyl (C=O) groups is 1. The van der Waals surface area contributed by atoms with E-state index in [1.807, 2.05) is 13.0 Å². The maximum Gasteiger partial charge on any atom is 0.227 e. The van der Waals surface area contributed by atoms with Gasteiger partial charge in [0.15, 0.2) is 0 Å². The number of nitrogens with one attached hydrogen (secondary N) is 3. The van der Waals surface area contributed by atoms with Crippen LogP contribution in [-0.4, -0.2) is 45.5 Å². The van der Waals surface area contributed by atoms with Crippen LogP contribution in [0.15, 0.2) is 48.9 Å². The van der Waals surface area contributed by atoms with E-state index in [1.54, 1.807) is 30.7 Å². The van der Waals surface area contributed by atoms with Gasteiger partial charge < -0.3 is 20.9 Å². The summed E-state index contributed by atoms with van der Waals surface area (Å²) in [5, 5.41) is 9.31. The smallest absolute Gasteiger partial charge is 0.227 e. The largest absolute Gasteiger partial charge is 0.356 e. The first-order valence-corrected chi connectivity index (χ1v) is 10.4. The standard InChI is InChI=1S/C22H25FN8O/c1-14(17-3-5-18(23)6-4-17)27-22-29-19(28-20-11-24-7-8-25-20)9-21(30-22)31-12-16(13-31)10-26-15(2)32/h3-9,11,14,16H,10,12-13H2,1-2H3,(H,26,32)(H2,25,27,28,29,30)/t14-/m0/s1. The number of nitrogens with zero attached hydrogens (tertiary/aromatic N) is 5. The molecule has 1 atom stereocenters. The summed E-state index contributed by atoms with van der Waals surface area (Å²) in [5.41, 5.74) is 0.920. The van der Waals surface area contributed by atoms with Crippen LogP contribution in [0.2, 0.25) is 0 Å². The predicted molar refractivity (Wildman–Crippen MR) is 120 cm³/mol. The molecule has 3 aromatic rings. The van der Waals surface area contributed by atoms with Gasteiger partial charge in [-0.3, -0.25) is 9.78 Å². The van der Waals surface area contributed by atoms with Gasteiger partial charge >= 0.3 is 0 Å². The topological polar surface area (TPSA) is 108 Å². The minimum absolute atomic E-state index is 0.0257. The van der Waals surface area contributed by atoms with Crippen LogP contribution >= 0.6 is 0 Å². The summed E-state index contributed by atoms with van der Waals surface area (Å²) in [6, 6.07) is 8.06. The zero-order valence-corrected chi connectivity index (χ0v) is 17.9. The third kappa shape index (κ3) is 5.45. The molecule has 0 radical (unpaired) electrons. The van der Waals surface area contributed by atoms with Crippen molar-refractivity contribution in [1.29, 1.82) is 0 Å². The number of carbonyl (C=O) groups excluding carboxylic acids is 1. The lowest BCUT2D eigenvalue weighted by atomic mass is 10.0. The summed E-state index contributed by atoms with van der Waals surface area (Å²) in [7, 11) is 0. The normalized spacial score (nSPS) is 14.4. The molecule has 1 saturated heterocycles. The molecule has 166 valence electrons. The highest BCUT2D eigenvalue weighted by Crippen LogP contribution is 2.28. The number of hydrogen-bond donors (Lipinski definition) is 3. The van der Waals surface area contributed by atoms with Crippen LogP contribution in [0, 0.1) is 11.7 Å². The summed E-state index contributed by atoms with van der Waals surface area (Å²) < 4.78 is 13.3.